The highest BCUT2D eigenvalue weighted by molar-refractivity contribution is 5.16. The van der Waals surface area contributed by atoms with Crippen LogP contribution in [0.25, 0.3) is 0 Å². The van der Waals surface area contributed by atoms with Crippen LogP contribution >= 0.6 is 0 Å². The van der Waals surface area contributed by atoms with Gasteiger partial charge >= 0.3 is 0 Å². The lowest BCUT2D eigenvalue weighted by Gasteiger charge is -2.36. The van der Waals surface area contributed by atoms with E-state index < -0.39 is 0 Å². The first-order valence-electron chi connectivity index (χ1n) is 6.81. The van der Waals surface area contributed by atoms with Crippen LogP contribution in [0.3, 0.4) is 0 Å². The highest BCUT2D eigenvalue weighted by atomic mass is 19.1. The minimum absolute atomic E-state index is 0.159. The van der Waals surface area contributed by atoms with Crippen molar-refractivity contribution < 1.29 is 9.13 Å². The Morgan fingerprint density at radius 3 is 2.56 bits per heavy atom. The fourth-order valence-electron chi connectivity index (χ4n) is 3.32. The van der Waals surface area contributed by atoms with Crippen molar-refractivity contribution in [3.63, 3.8) is 0 Å². The predicted molar refractivity (Wildman–Crippen MR) is 68.8 cm³/mol. The quantitative estimate of drug-likeness (QED) is 0.816. The fourth-order valence-corrected chi connectivity index (χ4v) is 3.32. The molecule has 2 aliphatic heterocycles. The molecule has 0 radical (unpaired) electrons. The van der Waals surface area contributed by atoms with Crippen molar-refractivity contribution in [2.24, 2.45) is 0 Å². The molecular formula is C15H20FNO. The van der Waals surface area contributed by atoms with Crippen molar-refractivity contribution in [2.45, 2.75) is 50.5 Å². The number of halogens is 1. The van der Waals surface area contributed by atoms with Crippen LogP contribution in [0.5, 0.6) is 0 Å². The average molecular weight is 249 g/mol. The van der Waals surface area contributed by atoms with Gasteiger partial charge in [-0.2, -0.15) is 0 Å². The molecule has 2 bridgehead atoms. The second kappa shape index (κ2) is 4.98. The largest absolute Gasteiger partial charge is 0.373 e. The molecule has 0 aliphatic carbocycles. The molecule has 0 N–H and O–H groups in total. The Morgan fingerprint density at radius 2 is 1.89 bits per heavy atom. The Bertz CT molecular complexity index is 409. The number of hydrogen-bond acceptors (Lipinski definition) is 2. The van der Waals surface area contributed by atoms with E-state index in [4.69, 9.17) is 4.74 Å². The van der Waals surface area contributed by atoms with Gasteiger partial charge in [-0.1, -0.05) is 18.2 Å². The van der Waals surface area contributed by atoms with E-state index in [1.54, 1.807) is 12.1 Å². The van der Waals surface area contributed by atoms with E-state index >= 15 is 0 Å². The third-order valence-electron chi connectivity index (χ3n) is 4.49. The normalized spacial score (nSPS) is 31.8. The van der Waals surface area contributed by atoms with Gasteiger partial charge in [0.05, 0.1) is 12.7 Å². The molecule has 0 saturated carbocycles. The summed E-state index contributed by atoms with van der Waals surface area (Å²) in [7, 11) is 2.22. The Kier molecular flexibility index (Phi) is 3.35. The van der Waals surface area contributed by atoms with Crippen LogP contribution in [0.2, 0.25) is 0 Å². The van der Waals surface area contributed by atoms with Crippen LogP contribution in [0, 0.1) is 5.82 Å². The maximum absolute atomic E-state index is 13.5. The second-order valence-corrected chi connectivity index (χ2v) is 5.55. The van der Waals surface area contributed by atoms with Crippen molar-refractivity contribution >= 4 is 0 Å². The molecule has 1 aromatic carbocycles. The zero-order valence-corrected chi connectivity index (χ0v) is 10.8. The Morgan fingerprint density at radius 1 is 1.22 bits per heavy atom. The summed E-state index contributed by atoms with van der Waals surface area (Å²) in [5.74, 6) is -0.159. The Hall–Kier alpha value is -0.930. The SMILES string of the molecule is CN1[C@@H]2CC[C@H]1CC(OCc1ccccc1F)C2. The molecule has 1 unspecified atom stereocenters. The molecule has 1 aromatic rings. The molecule has 98 valence electrons. The van der Waals surface area contributed by atoms with Crippen molar-refractivity contribution in [3.8, 4) is 0 Å². The lowest BCUT2D eigenvalue weighted by Crippen LogP contribution is -2.42. The minimum Gasteiger partial charge on any atom is -0.373 e. The van der Waals surface area contributed by atoms with Crippen molar-refractivity contribution in [3.05, 3.63) is 35.6 Å². The summed E-state index contributed by atoms with van der Waals surface area (Å²) in [4.78, 5) is 2.49. The summed E-state index contributed by atoms with van der Waals surface area (Å²) < 4.78 is 19.4. The van der Waals surface area contributed by atoms with Crippen LogP contribution in [-0.2, 0) is 11.3 Å². The monoisotopic (exact) mass is 249 g/mol. The van der Waals surface area contributed by atoms with Gasteiger partial charge in [0.15, 0.2) is 0 Å². The fraction of sp³-hybridized carbons (Fsp3) is 0.600. The van der Waals surface area contributed by atoms with Gasteiger partial charge in [-0.15, -0.1) is 0 Å². The number of fused-ring (bicyclic) bond motifs is 2. The molecule has 2 nitrogen and oxygen atoms in total. The van der Waals surface area contributed by atoms with Gasteiger partial charge in [0.1, 0.15) is 5.82 Å². The second-order valence-electron chi connectivity index (χ2n) is 5.55. The molecule has 18 heavy (non-hydrogen) atoms. The van der Waals surface area contributed by atoms with Gasteiger partial charge in [-0.25, -0.2) is 4.39 Å². The lowest BCUT2D eigenvalue weighted by atomic mass is 10.0. The summed E-state index contributed by atoms with van der Waals surface area (Å²) in [5.41, 5.74) is 0.670. The van der Waals surface area contributed by atoms with Gasteiger partial charge in [0.2, 0.25) is 0 Å². The van der Waals surface area contributed by atoms with E-state index in [-0.39, 0.29) is 5.82 Å². The van der Waals surface area contributed by atoms with E-state index in [2.05, 4.69) is 11.9 Å². The van der Waals surface area contributed by atoms with Gasteiger partial charge in [-0.05, 0) is 38.8 Å². The zero-order chi connectivity index (χ0) is 12.5. The van der Waals surface area contributed by atoms with Gasteiger partial charge < -0.3 is 9.64 Å². The number of hydrogen-bond donors (Lipinski definition) is 0. The van der Waals surface area contributed by atoms with Gasteiger partial charge in [0.25, 0.3) is 0 Å². The molecule has 0 aromatic heterocycles. The first-order valence-corrected chi connectivity index (χ1v) is 6.81. The van der Waals surface area contributed by atoms with Crippen LogP contribution < -0.4 is 0 Å². The molecule has 2 heterocycles. The molecule has 3 heteroatoms. The molecule has 2 saturated heterocycles. The van der Waals surface area contributed by atoms with E-state index in [0.29, 0.717) is 30.4 Å². The van der Waals surface area contributed by atoms with E-state index in [9.17, 15) is 4.39 Å². The maximum atomic E-state index is 13.5. The third-order valence-corrected chi connectivity index (χ3v) is 4.49. The molecule has 2 fully saturated rings. The summed E-state index contributed by atoms with van der Waals surface area (Å²) in [5, 5.41) is 0. The van der Waals surface area contributed by atoms with Crippen LogP contribution in [-0.4, -0.2) is 30.1 Å². The average Bonchev–Trinajstić information content (AvgIpc) is 2.62. The topological polar surface area (TPSA) is 12.5 Å². The van der Waals surface area contributed by atoms with Crippen LogP contribution in [0.4, 0.5) is 4.39 Å². The number of ether oxygens (including phenoxy) is 1. The third kappa shape index (κ3) is 2.29. The smallest absolute Gasteiger partial charge is 0.128 e. The molecule has 2 aliphatic rings. The summed E-state index contributed by atoms with van der Waals surface area (Å²) in [6.07, 6.45) is 5.09. The number of benzene rings is 1. The molecular weight excluding hydrogens is 229 g/mol. The highest BCUT2D eigenvalue weighted by Gasteiger charge is 2.38. The Labute approximate surface area is 108 Å². The molecule has 3 atom stereocenters. The highest BCUT2D eigenvalue weighted by Crippen LogP contribution is 2.35. The number of piperidine rings is 1. The van der Waals surface area contributed by atoms with E-state index in [1.165, 1.54) is 18.9 Å². The molecule has 0 amide bonds. The van der Waals surface area contributed by atoms with E-state index in [0.717, 1.165) is 12.8 Å². The van der Waals surface area contributed by atoms with Crippen molar-refractivity contribution in [1.82, 2.24) is 4.90 Å². The van der Waals surface area contributed by atoms with Crippen molar-refractivity contribution in [2.75, 3.05) is 7.05 Å². The summed E-state index contributed by atoms with van der Waals surface area (Å²) in [6, 6.07) is 8.23. The minimum atomic E-state index is -0.159. The number of rotatable bonds is 3. The van der Waals surface area contributed by atoms with Crippen LogP contribution in [0.1, 0.15) is 31.2 Å². The Balaban J connectivity index is 1.57. The number of nitrogens with zero attached hydrogens (tertiary/aromatic N) is 1. The van der Waals surface area contributed by atoms with Crippen molar-refractivity contribution in [1.29, 1.82) is 0 Å². The first kappa shape index (κ1) is 12.1. The summed E-state index contributed by atoms with van der Waals surface area (Å²) >= 11 is 0. The summed E-state index contributed by atoms with van der Waals surface area (Å²) in [6.45, 7) is 0.403. The van der Waals surface area contributed by atoms with Gasteiger partial charge in [-0.3, -0.25) is 0 Å². The van der Waals surface area contributed by atoms with Crippen LogP contribution in [0.15, 0.2) is 24.3 Å². The zero-order valence-electron chi connectivity index (χ0n) is 10.8. The lowest BCUT2D eigenvalue weighted by molar-refractivity contribution is -0.0219. The maximum Gasteiger partial charge on any atom is 0.128 e. The standard InChI is InChI=1S/C15H20FNO/c1-17-12-6-7-13(17)9-14(8-12)18-10-11-4-2-3-5-15(11)16/h2-5,12-14H,6-10H2,1H3/t12-,13+,14?. The molecule has 0 spiro atoms. The molecule has 3 rings (SSSR count). The van der Waals surface area contributed by atoms with E-state index in [1.807, 2.05) is 6.07 Å². The van der Waals surface area contributed by atoms with Gasteiger partial charge in [0, 0.05) is 17.6 Å². The predicted octanol–water partition coefficient (Wildman–Crippen LogP) is 2.97. The first-order chi connectivity index (χ1) is 8.74.